The van der Waals surface area contributed by atoms with Crippen molar-refractivity contribution in [2.75, 3.05) is 0 Å². The summed E-state index contributed by atoms with van der Waals surface area (Å²) in [5, 5.41) is 0. The zero-order chi connectivity index (χ0) is 14.5. The maximum Gasteiger partial charge on any atom is -0.0260 e. The molecule has 0 spiro atoms. The number of hydrogen-bond acceptors (Lipinski definition) is 0. The number of aryl methyl sites for hydroxylation is 1. The molecule has 0 heteroatoms. The van der Waals surface area contributed by atoms with E-state index in [-0.39, 0.29) is 0 Å². The Balaban J connectivity index is 2.08. The Hall–Kier alpha value is -1.04. The molecule has 0 fully saturated rings. The van der Waals surface area contributed by atoms with Gasteiger partial charge in [0.05, 0.1) is 0 Å². The third-order valence-electron chi connectivity index (χ3n) is 3.84. The zero-order valence-corrected chi connectivity index (χ0v) is 13.5. The van der Waals surface area contributed by atoms with E-state index in [1.165, 1.54) is 68.9 Å². The summed E-state index contributed by atoms with van der Waals surface area (Å²) in [6, 6.07) is 9.06. The Morgan fingerprint density at radius 1 is 0.750 bits per heavy atom. The third kappa shape index (κ3) is 8.19. The lowest BCUT2D eigenvalue weighted by atomic mass is 10.0. The molecular weight excluding hydrogens is 240 g/mol. The van der Waals surface area contributed by atoms with Gasteiger partial charge in [-0.3, -0.25) is 0 Å². The summed E-state index contributed by atoms with van der Waals surface area (Å²) in [6.07, 6.45) is 18.0. The van der Waals surface area contributed by atoms with Crippen molar-refractivity contribution in [3.63, 3.8) is 0 Å². The van der Waals surface area contributed by atoms with E-state index in [1.807, 2.05) is 0 Å². The van der Waals surface area contributed by atoms with Crippen molar-refractivity contribution in [2.45, 2.75) is 78.1 Å². The molecule has 0 N–H and O–H groups in total. The zero-order valence-electron chi connectivity index (χ0n) is 13.5. The number of rotatable bonds is 11. The highest BCUT2D eigenvalue weighted by Gasteiger charge is 1.95. The first-order chi connectivity index (χ1) is 9.86. The van der Waals surface area contributed by atoms with Crippen LogP contribution in [0.5, 0.6) is 0 Å². The van der Waals surface area contributed by atoms with Gasteiger partial charge in [0.15, 0.2) is 0 Å². The van der Waals surface area contributed by atoms with E-state index >= 15 is 0 Å². The monoisotopic (exact) mass is 272 g/mol. The minimum Gasteiger partial charge on any atom is -0.0842 e. The average Bonchev–Trinajstić information content (AvgIpc) is 2.49. The van der Waals surface area contributed by atoms with Crippen LogP contribution in [0.15, 0.2) is 30.3 Å². The molecule has 20 heavy (non-hydrogen) atoms. The first-order valence-electron chi connectivity index (χ1n) is 8.62. The van der Waals surface area contributed by atoms with Crippen molar-refractivity contribution >= 4 is 6.08 Å². The van der Waals surface area contributed by atoms with Crippen LogP contribution in [-0.4, -0.2) is 0 Å². The van der Waals surface area contributed by atoms with E-state index < -0.39 is 0 Å². The second-order valence-corrected chi connectivity index (χ2v) is 5.78. The molecule has 0 aromatic heterocycles. The van der Waals surface area contributed by atoms with E-state index in [9.17, 15) is 0 Å². The predicted molar refractivity (Wildman–Crippen MR) is 92.1 cm³/mol. The van der Waals surface area contributed by atoms with E-state index in [0.29, 0.717) is 0 Å². The summed E-state index contributed by atoms with van der Waals surface area (Å²) < 4.78 is 0. The molecule has 112 valence electrons. The summed E-state index contributed by atoms with van der Waals surface area (Å²) in [4.78, 5) is 0. The van der Waals surface area contributed by atoms with Gasteiger partial charge in [-0.25, -0.2) is 0 Å². The Morgan fingerprint density at radius 3 is 1.95 bits per heavy atom. The molecule has 0 aliphatic carbocycles. The molecule has 0 amide bonds. The van der Waals surface area contributed by atoms with Crippen molar-refractivity contribution in [3.8, 4) is 0 Å². The van der Waals surface area contributed by atoms with Gasteiger partial charge >= 0.3 is 0 Å². The summed E-state index contributed by atoms with van der Waals surface area (Å²) in [6.45, 7) is 4.45. The Bertz CT molecular complexity index is 345. The van der Waals surface area contributed by atoms with Gasteiger partial charge in [-0.15, -0.1) is 0 Å². The van der Waals surface area contributed by atoms with Crippen molar-refractivity contribution in [1.82, 2.24) is 0 Å². The molecule has 0 heterocycles. The molecular formula is C20H32. The summed E-state index contributed by atoms with van der Waals surface area (Å²) in [5.74, 6) is 0. The van der Waals surface area contributed by atoms with Crippen LogP contribution in [0.2, 0.25) is 0 Å². The van der Waals surface area contributed by atoms with Crippen LogP contribution in [0.3, 0.4) is 0 Å². The highest BCUT2D eigenvalue weighted by molar-refractivity contribution is 5.49. The molecule has 0 aliphatic rings. The van der Waals surface area contributed by atoms with E-state index in [0.717, 1.165) is 6.42 Å². The first-order valence-corrected chi connectivity index (χ1v) is 8.62. The number of allylic oxidation sites excluding steroid dienone is 1. The minimum atomic E-state index is 1.11. The lowest BCUT2D eigenvalue weighted by Gasteiger charge is -2.03. The number of unbranched alkanes of at least 4 members (excludes halogenated alkanes) is 7. The summed E-state index contributed by atoms with van der Waals surface area (Å²) in [7, 11) is 0. The van der Waals surface area contributed by atoms with Crippen LogP contribution in [0.1, 0.15) is 82.8 Å². The lowest BCUT2D eigenvalue weighted by molar-refractivity contribution is 0.575. The van der Waals surface area contributed by atoms with Gasteiger partial charge < -0.3 is 0 Å². The van der Waals surface area contributed by atoms with Gasteiger partial charge in [-0.2, -0.15) is 0 Å². The van der Waals surface area contributed by atoms with Gasteiger partial charge in [0.2, 0.25) is 0 Å². The first kappa shape index (κ1) is 17.0. The van der Waals surface area contributed by atoms with Gasteiger partial charge in [0.25, 0.3) is 0 Å². The largest absolute Gasteiger partial charge is 0.0842 e. The average molecular weight is 272 g/mol. The molecule has 0 aliphatic heterocycles. The van der Waals surface area contributed by atoms with Crippen molar-refractivity contribution < 1.29 is 0 Å². The van der Waals surface area contributed by atoms with Crippen LogP contribution < -0.4 is 0 Å². The number of benzene rings is 1. The standard InChI is InChI=1S/C20H32/c1-3-5-7-8-9-10-11-12-14-20-17-15-19(16-18-20)13-6-4-2/h6,13,15-18H,3-5,7-12,14H2,1-2H3/b13-6+. The minimum absolute atomic E-state index is 1.11. The molecule has 0 atom stereocenters. The molecule has 1 aromatic rings. The fraction of sp³-hybridized carbons (Fsp3) is 0.600. The smallest absolute Gasteiger partial charge is 0.0260 e. The second-order valence-electron chi connectivity index (χ2n) is 5.78. The van der Waals surface area contributed by atoms with Gasteiger partial charge in [-0.1, -0.05) is 95.2 Å². The van der Waals surface area contributed by atoms with E-state index in [1.54, 1.807) is 0 Å². The third-order valence-corrected chi connectivity index (χ3v) is 3.84. The Morgan fingerprint density at radius 2 is 1.35 bits per heavy atom. The summed E-state index contributed by atoms with van der Waals surface area (Å²) in [5.41, 5.74) is 2.82. The maximum atomic E-state index is 2.29. The quantitative estimate of drug-likeness (QED) is 0.389. The molecule has 0 radical (unpaired) electrons. The molecule has 1 aromatic carbocycles. The van der Waals surface area contributed by atoms with Crippen LogP contribution in [-0.2, 0) is 6.42 Å². The summed E-state index contributed by atoms with van der Waals surface area (Å²) >= 11 is 0. The Kier molecular flexibility index (Phi) is 10.0. The van der Waals surface area contributed by atoms with Crippen molar-refractivity contribution in [2.24, 2.45) is 0 Å². The molecule has 0 saturated heterocycles. The van der Waals surface area contributed by atoms with Crippen LogP contribution >= 0.6 is 0 Å². The fourth-order valence-corrected chi connectivity index (χ4v) is 2.51. The topological polar surface area (TPSA) is 0 Å². The number of hydrogen-bond donors (Lipinski definition) is 0. The van der Waals surface area contributed by atoms with Crippen molar-refractivity contribution in [1.29, 1.82) is 0 Å². The van der Waals surface area contributed by atoms with Crippen LogP contribution in [0.4, 0.5) is 0 Å². The molecule has 1 rings (SSSR count). The molecule has 0 nitrogen and oxygen atoms in total. The van der Waals surface area contributed by atoms with Gasteiger partial charge in [0.1, 0.15) is 0 Å². The van der Waals surface area contributed by atoms with Crippen LogP contribution in [0.25, 0.3) is 6.08 Å². The van der Waals surface area contributed by atoms with Crippen LogP contribution in [0, 0.1) is 0 Å². The second kappa shape index (κ2) is 11.8. The van der Waals surface area contributed by atoms with Crippen molar-refractivity contribution in [3.05, 3.63) is 41.5 Å². The van der Waals surface area contributed by atoms with E-state index in [4.69, 9.17) is 0 Å². The highest BCUT2D eigenvalue weighted by atomic mass is 14.0. The van der Waals surface area contributed by atoms with Gasteiger partial charge in [-0.05, 0) is 30.4 Å². The van der Waals surface area contributed by atoms with E-state index in [2.05, 4.69) is 50.3 Å². The lowest BCUT2D eigenvalue weighted by Crippen LogP contribution is -1.87. The molecule has 0 bridgehead atoms. The SMILES string of the molecule is CC/C=C/c1ccc(CCCCCCCCCC)cc1. The predicted octanol–water partition coefficient (Wildman–Crippen LogP) is 6.79. The van der Waals surface area contributed by atoms with Gasteiger partial charge in [0, 0.05) is 0 Å². The molecule has 0 unspecified atom stereocenters. The maximum absolute atomic E-state index is 2.29. The fourth-order valence-electron chi connectivity index (χ4n) is 2.51. The Labute approximate surface area is 126 Å². The highest BCUT2D eigenvalue weighted by Crippen LogP contribution is 2.12. The normalized spacial score (nSPS) is 11.3. The molecule has 0 saturated carbocycles.